The van der Waals surface area contributed by atoms with E-state index in [0.717, 1.165) is 135 Å². The molecule has 0 aliphatic carbocycles. The topological polar surface area (TPSA) is 108 Å². The summed E-state index contributed by atoms with van der Waals surface area (Å²) in [7, 11) is 1.46. The van der Waals surface area contributed by atoms with Gasteiger partial charge in [0.2, 0.25) is 0 Å². The van der Waals surface area contributed by atoms with Crippen LogP contribution in [0.5, 0.6) is 0 Å². The van der Waals surface area contributed by atoms with Gasteiger partial charge in [0.1, 0.15) is 19.8 Å². The second-order valence-electron chi connectivity index (χ2n) is 25.9. The molecule has 0 aromatic rings. The first kappa shape index (κ1) is 89.4. The molecular weight excluding hydrogens is 1180 g/mol. The van der Waals surface area contributed by atoms with Gasteiger partial charge in [0, 0.05) is 12.8 Å². The summed E-state index contributed by atoms with van der Waals surface area (Å²) in [5.41, 5.74) is 0. The van der Waals surface area contributed by atoms with Crippen LogP contribution in [0.15, 0.2) is 170 Å². The van der Waals surface area contributed by atoms with Crippen LogP contribution in [0.4, 0.5) is 0 Å². The van der Waals surface area contributed by atoms with Crippen LogP contribution >= 0.6 is 7.82 Å². The van der Waals surface area contributed by atoms with Gasteiger partial charge in [-0.1, -0.05) is 325 Å². The monoisotopic (exact) mass is 1320 g/mol. The summed E-state index contributed by atoms with van der Waals surface area (Å²) in [5, 5.41) is 0. The average molecular weight is 1320 g/mol. The molecular formula is C84H141NO8P+. The van der Waals surface area contributed by atoms with E-state index in [1.165, 1.54) is 128 Å². The number of hydrogen-bond acceptors (Lipinski definition) is 7. The SMILES string of the molecule is CC/C=C\C/C=C\C/C=C\C/C=C\C/C=C\C/C=C\C/C=C\C/C=C\C/C=C\CCCCCCCCCCCC(=O)OC(COC(=O)CCCCCCCCCCCCCCCCCCC/C=C\C/C=C\C/C=C\C/C=C\C/C=C\CC)COP(=O)(O)OCC[N+](C)(C)C. The standard InChI is InChI=1S/C84H140NO8P/c1-6-8-10-12-14-16-18-20-22-24-26-28-30-32-34-36-38-40-41-42-43-45-47-49-51-53-55-57-59-61-63-65-67-69-71-73-75-77-84(87)93-82(81-92-94(88,89)91-79-78-85(3,4)5)80-90-83(86)76-74-72-70-68-66-64-62-60-58-56-54-52-50-48-46-44-39-37-35-33-31-29-27-25-23-21-19-17-15-13-11-9-7-2/h8-11,14-17,20-23,26-29,32-35,38,40,42-43,47,49,53,55,82H,6-7,12-13,18-19,24-25,30-31,36-37,39,41,44-46,48,50-52,54,56-81H2,1-5H3/p+1/b10-8-,11-9-,16-14-,17-15-,22-20-,23-21-,28-26-,29-27-,34-32-,35-33-,40-38-,43-42-,49-47-,55-53-. The van der Waals surface area contributed by atoms with E-state index >= 15 is 0 Å². The fraction of sp³-hybridized carbons (Fsp3) is 0.643. The van der Waals surface area contributed by atoms with E-state index in [1.807, 2.05) is 21.1 Å². The predicted molar refractivity (Wildman–Crippen MR) is 408 cm³/mol. The molecule has 10 heteroatoms. The lowest BCUT2D eigenvalue weighted by Gasteiger charge is -2.24. The van der Waals surface area contributed by atoms with Crippen LogP contribution in [0.3, 0.4) is 0 Å². The smallest absolute Gasteiger partial charge is 0.462 e. The Kier molecular flexibility index (Phi) is 69.1. The lowest BCUT2D eigenvalue weighted by Crippen LogP contribution is -2.37. The highest BCUT2D eigenvalue weighted by Gasteiger charge is 2.27. The summed E-state index contributed by atoms with van der Waals surface area (Å²) >= 11 is 0. The summed E-state index contributed by atoms with van der Waals surface area (Å²) in [4.78, 5) is 36.0. The number of phosphoric acid groups is 1. The van der Waals surface area contributed by atoms with Crippen molar-refractivity contribution < 1.29 is 42.1 Å². The van der Waals surface area contributed by atoms with Crippen molar-refractivity contribution in [1.29, 1.82) is 0 Å². The Morgan fingerprint density at radius 2 is 0.574 bits per heavy atom. The van der Waals surface area contributed by atoms with Crippen LogP contribution < -0.4 is 0 Å². The number of esters is 2. The minimum Gasteiger partial charge on any atom is -0.462 e. The van der Waals surface area contributed by atoms with Gasteiger partial charge in [-0.3, -0.25) is 18.6 Å². The molecule has 94 heavy (non-hydrogen) atoms. The number of ether oxygens (including phenoxy) is 2. The Hall–Kier alpha value is -4.63. The number of unbranched alkanes of at least 4 members (excludes halogenated alkanes) is 26. The molecule has 0 amide bonds. The van der Waals surface area contributed by atoms with Crippen molar-refractivity contribution in [2.45, 2.75) is 302 Å². The van der Waals surface area contributed by atoms with E-state index < -0.39 is 26.5 Å². The van der Waals surface area contributed by atoms with E-state index in [0.29, 0.717) is 17.4 Å². The Morgan fingerprint density at radius 3 is 0.851 bits per heavy atom. The molecule has 0 aliphatic heterocycles. The van der Waals surface area contributed by atoms with Crippen LogP contribution in [-0.4, -0.2) is 74.9 Å². The summed E-state index contributed by atoms with van der Waals surface area (Å²) in [6.07, 6.45) is 110. The quantitative estimate of drug-likeness (QED) is 0.0211. The van der Waals surface area contributed by atoms with Crippen LogP contribution in [0.25, 0.3) is 0 Å². The molecule has 0 fully saturated rings. The molecule has 0 spiro atoms. The van der Waals surface area contributed by atoms with Crippen molar-refractivity contribution in [3.8, 4) is 0 Å². The number of allylic oxidation sites excluding steroid dienone is 28. The molecule has 0 heterocycles. The van der Waals surface area contributed by atoms with E-state index in [2.05, 4.69) is 184 Å². The number of likely N-dealkylation sites (N-methyl/N-ethyl adjacent to an activating group) is 1. The number of carbonyl (C=O) groups excluding carboxylic acids is 2. The predicted octanol–water partition coefficient (Wildman–Crippen LogP) is 25.3. The summed E-state index contributed by atoms with van der Waals surface area (Å²) in [5.74, 6) is -0.806. The Morgan fingerprint density at radius 1 is 0.330 bits per heavy atom. The maximum atomic E-state index is 12.9. The van der Waals surface area contributed by atoms with Gasteiger partial charge in [-0.2, -0.15) is 0 Å². The van der Waals surface area contributed by atoms with Gasteiger partial charge in [0.15, 0.2) is 6.10 Å². The van der Waals surface area contributed by atoms with Crippen molar-refractivity contribution in [3.63, 3.8) is 0 Å². The average Bonchev–Trinajstić information content (AvgIpc) is 1.56. The van der Waals surface area contributed by atoms with Gasteiger partial charge >= 0.3 is 19.8 Å². The zero-order valence-corrected chi connectivity index (χ0v) is 61.8. The molecule has 0 rings (SSSR count). The fourth-order valence-corrected chi connectivity index (χ4v) is 10.8. The molecule has 0 aromatic carbocycles. The third kappa shape index (κ3) is 76.4. The van der Waals surface area contributed by atoms with Crippen LogP contribution in [0.2, 0.25) is 0 Å². The van der Waals surface area contributed by atoms with Crippen molar-refractivity contribution in [3.05, 3.63) is 170 Å². The highest BCUT2D eigenvalue weighted by Crippen LogP contribution is 2.43. The molecule has 9 nitrogen and oxygen atoms in total. The first-order valence-electron chi connectivity index (χ1n) is 37.9. The van der Waals surface area contributed by atoms with Gasteiger partial charge in [0.05, 0.1) is 27.7 Å². The summed E-state index contributed by atoms with van der Waals surface area (Å²) < 4.78 is 34.8. The summed E-state index contributed by atoms with van der Waals surface area (Å²) in [6.45, 7) is 4.21. The number of hydrogen-bond donors (Lipinski definition) is 1. The largest absolute Gasteiger partial charge is 0.472 e. The third-order valence-electron chi connectivity index (χ3n) is 15.7. The lowest BCUT2D eigenvalue weighted by molar-refractivity contribution is -0.870. The van der Waals surface area contributed by atoms with Crippen LogP contribution in [0.1, 0.15) is 296 Å². The van der Waals surface area contributed by atoms with Crippen molar-refractivity contribution >= 4 is 19.8 Å². The zero-order chi connectivity index (χ0) is 68.3. The molecule has 0 radical (unpaired) electrons. The van der Waals surface area contributed by atoms with Crippen LogP contribution in [0, 0.1) is 0 Å². The van der Waals surface area contributed by atoms with Gasteiger partial charge < -0.3 is 18.9 Å². The molecule has 534 valence electrons. The molecule has 1 N–H and O–H groups in total. The first-order valence-corrected chi connectivity index (χ1v) is 39.4. The van der Waals surface area contributed by atoms with Crippen LogP contribution in [-0.2, 0) is 32.7 Å². The summed E-state index contributed by atoms with van der Waals surface area (Å²) in [6, 6.07) is 0. The van der Waals surface area contributed by atoms with Crippen molar-refractivity contribution in [2.75, 3.05) is 47.5 Å². The van der Waals surface area contributed by atoms with Gasteiger partial charge in [0.25, 0.3) is 0 Å². The highest BCUT2D eigenvalue weighted by atomic mass is 31.2. The number of quaternary nitrogens is 1. The van der Waals surface area contributed by atoms with Crippen molar-refractivity contribution in [1.82, 2.24) is 0 Å². The Bertz CT molecular complexity index is 2200. The van der Waals surface area contributed by atoms with Gasteiger partial charge in [-0.25, -0.2) is 4.57 Å². The van der Waals surface area contributed by atoms with E-state index in [9.17, 15) is 19.0 Å². The van der Waals surface area contributed by atoms with Gasteiger partial charge in [-0.05, 0) is 128 Å². The highest BCUT2D eigenvalue weighted by molar-refractivity contribution is 7.47. The first-order chi connectivity index (χ1) is 46.0. The number of nitrogens with zero attached hydrogens (tertiary/aromatic N) is 1. The molecule has 0 saturated heterocycles. The number of phosphoric ester groups is 1. The Balaban J connectivity index is 4.07. The van der Waals surface area contributed by atoms with E-state index in [1.54, 1.807) is 0 Å². The normalized spacial score (nSPS) is 14.1. The molecule has 0 aliphatic rings. The Labute approximate surface area is 578 Å². The second kappa shape index (κ2) is 72.6. The zero-order valence-electron chi connectivity index (χ0n) is 60.9. The number of carbonyl (C=O) groups is 2. The minimum absolute atomic E-state index is 0.0235. The molecule has 0 aromatic heterocycles. The molecule has 2 unspecified atom stereocenters. The molecule has 0 saturated carbocycles. The van der Waals surface area contributed by atoms with Gasteiger partial charge in [-0.15, -0.1) is 0 Å². The maximum Gasteiger partial charge on any atom is 0.472 e. The number of rotatable bonds is 68. The van der Waals surface area contributed by atoms with E-state index in [4.69, 9.17) is 18.5 Å². The molecule has 2 atom stereocenters. The second-order valence-corrected chi connectivity index (χ2v) is 27.4. The maximum absolute atomic E-state index is 12.9. The van der Waals surface area contributed by atoms with Crippen molar-refractivity contribution in [2.24, 2.45) is 0 Å². The fourth-order valence-electron chi connectivity index (χ4n) is 10.0. The molecule has 0 bridgehead atoms. The minimum atomic E-state index is -4.41. The van der Waals surface area contributed by atoms with E-state index in [-0.39, 0.29) is 32.0 Å². The third-order valence-corrected chi connectivity index (χ3v) is 16.7. The lowest BCUT2D eigenvalue weighted by atomic mass is 10.0.